The van der Waals surface area contributed by atoms with E-state index in [0.717, 1.165) is 12.0 Å². The van der Waals surface area contributed by atoms with Gasteiger partial charge >= 0.3 is 0 Å². The van der Waals surface area contributed by atoms with Crippen molar-refractivity contribution in [2.24, 2.45) is 5.84 Å². The van der Waals surface area contributed by atoms with Gasteiger partial charge in [-0.25, -0.2) is 8.42 Å². The predicted octanol–water partition coefficient (Wildman–Crippen LogP) is 0.608. The van der Waals surface area contributed by atoms with E-state index >= 15 is 0 Å². The van der Waals surface area contributed by atoms with E-state index < -0.39 is 15.1 Å². The summed E-state index contributed by atoms with van der Waals surface area (Å²) < 4.78 is 22.5. The molecule has 2 atom stereocenters. The van der Waals surface area contributed by atoms with Gasteiger partial charge in [0.15, 0.2) is 9.84 Å². The molecule has 0 aliphatic heterocycles. The molecular formula is C9H20N2O2S. The fraction of sp³-hybridized carbons (Fsp3) is 0.778. The van der Waals surface area contributed by atoms with Crippen molar-refractivity contribution in [1.29, 1.82) is 0 Å². The standard InChI is InChI=1S/C9H20N2O2S/c1-7(2)5-6-9(11-10)8(3)14(4,12)13/h8-9,11H,1,5-6,10H2,2-4H3. The van der Waals surface area contributed by atoms with E-state index in [9.17, 15) is 8.42 Å². The molecule has 0 saturated heterocycles. The minimum Gasteiger partial charge on any atom is -0.271 e. The molecule has 3 N–H and O–H groups in total. The Morgan fingerprint density at radius 3 is 2.36 bits per heavy atom. The quantitative estimate of drug-likeness (QED) is 0.391. The van der Waals surface area contributed by atoms with Crippen LogP contribution in [0.5, 0.6) is 0 Å². The molecule has 0 aromatic carbocycles. The van der Waals surface area contributed by atoms with Crippen LogP contribution < -0.4 is 11.3 Å². The van der Waals surface area contributed by atoms with Gasteiger partial charge < -0.3 is 0 Å². The average molecular weight is 220 g/mol. The van der Waals surface area contributed by atoms with Gasteiger partial charge in [0.1, 0.15) is 0 Å². The monoisotopic (exact) mass is 220 g/mol. The Hall–Kier alpha value is -0.390. The van der Waals surface area contributed by atoms with Gasteiger partial charge in [-0.1, -0.05) is 5.57 Å². The first-order valence-corrected chi connectivity index (χ1v) is 6.54. The summed E-state index contributed by atoms with van der Waals surface area (Å²) in [6.07, 6.45) is 2.71. The molecule has 0 heterocycles. The fourth-order valence-corrected chi connectivity index (χ4v) is 1.97. The maximum Gasteiger partial charge on any atom is 0.151 e. The minimum atomic E-state index is -3.03. The number of hydrogen-bond acceptors (Lipinski definition) is 4. The summed E-state index contributed by atoms with van der Waals surface area (Å²) in [4.78, 5) is 0. The first kappa shape index (κ1) is 13.6. The number of nitrogens with one attached hydrogen (secondary N) is 1. The number of sulfone groups is 1. The molecular weight excluding hydrogens is 200 g/mol. The van der Waals surface area contributed by atoms with Crippen LogP contribution in [0.25, 0.3) is 0 Å². The van der Waals surface area contributed by atoms with Gasteiger partial charge in [0, 0.05) is 12.3 Å². The van der Waals surface area contributed by atoms with E-state index in [2.05, 4.69) is 12.0 Å². The van der Waals surface area contributed by atoms with E-state index in [4.69, 9.17) is 5.84 Å². The molecule has 84 valence electrons. The SMILES string of the molecule is C=C(C)CCC(NN)C(C)S(C)(=O)=O. The number of hydrogen-bond donors (Lipinski definition) is 2. The van der Waals surface area contributed by atoms with Crippen LogP contribution in [0.15, 0.2) is 12.2 Å². The van der Waals surface area contributed by atoms with Crippen molar-refractivity contribution < 1.29 is 8.42 Å². The van der Waals surface area contributed by atoms with E-state index in [-0.39, 0.29) is 6.04 Å². The molecule has 0 aromatic heterocycles. The molecule has 0 fully saturated rings. The zero-order valence-corrected chi connectivity index (χ0v) is 9.89. The molecule has 4 nitrogen and oxygen atoms in total. The summed E-state index contributed by atoms with van der Waals surface area (Å²) in [5, 5.41) is -0.466. The zero-order valence-electron chi connectivity index (χ0n) is 9.08. The van der Waals surface area contributed by atoms with Crippen LogP contribution in [0.3, 0.4) is 0 Å². The lowest BCUT2D eigenvalue weighted by molar-refractivity contribution is 0.470. The smallest absolute Gasteiger partial charge is 0.151 e. The third-order valence-corrected chi connectivity index (χ3v) is 4.02. The van der Waals surface area contributed by atoms with Crippen LogP contribution in [0, 0.1) is 0 Å². The average Bonchev–Trinajstić information content (AvgIpc) is 2.03. The predicted molar refractivity (Wildman–Crippen MR) is 59.5 cm³/mol. The fourth-order valence-electron chi connectivity index (χ4n) is 1.15. The molecule has 0 rings (SSSR count). The van der Waals surface area contributed by atoms with Crippen molar-refractivity contribution in [1.82, 2.24) is 5.43 Å². The van der Waals surface area contributed by atoms with Gasteiger partial charge in [-0.15, -0.1) is 6.58 Å². The van der Waals surface area contributed by atoms with Crippen LogP contribution in [0.4, 0.5) is 0 Å². The normalized spacial score (nSPS) is 16.3. The third-order valence-electron chi connectivity index (χ3n) is 2.34. The van der Waals surface area contributed by atoms with Gasteiger partial charge in [-0.2, -0.15) is 0 Å². The molecule has 5 heteroatoms. The van der Waals surface area contributed by atoms with Crippen molar-refractivity contribution in [3.8, 4) is 0 Å². The van der Waals surface area contributed by atoms with Crippen molar-refractivity contribution in [2.75, 3.05) is 6.26 Å². The van der Waals surface area contributed by atoms with Gasteiger partial charge in [-0.05, 0) is 26.7 Å². The molecule has 0 amide bonds. The molecule has 0 radical (unpaired) electrons. The largest absolute Gasteiger partial charge is 0.271 e. The molecule has 0 aliphatic carbocycles. The number of nitrogens with two attached hydrogens (primary N) is 1. The van der Waals surface area contributed by atoms with Crippen molar-refractivity contribution in [2.45, 2.75) is 38.0 Å². The third kappa shape index (κ3) is 4.74. The van der Waals surface area contributed by atoms with Crippen molar-refractivity contribution in [3.05, 3.63) is 12.2 Å². The number of hydrazine groups is 1. The summed E-state index contributed by atoms with van der Waals surface area (Å²) in [5.74, 6) is 5.31. The maximum absolute atomic E-state index is 11.3. The lowest BCUT2D eigenvalue weighted by Crippen LogP contribution is -2.45. The van der Waals surface area contributed by atoms with Crippen LogP contribution in [-0.2, 0) is 9.84 Å². The highest BCUT2D eigenvalue weighted by molar-refractivity contribution is 7.91. The number of allylic oxidation sites excluding steroid dienone is 1. The second kappa shape index (κ2) is 5.48. The highest BCUT2D eigenvalue weighted by atomic mass is 32.2. The van der Waals surface area contributed by atoms with Gasteiger partial charge in [0.2, 0.25) is 0 Å². The Kier molecular flexibility index (Phi) is 5.33. The summed E-state index contributed by atoms with van der Waals surface area (Å²) in [6.45, 7) is 7.35. The van der Waals surface area contributed by atoms with Crippen LogP contribution in [0.2, 0.25) is 0 Å². The van der Waals surface area contributed by atoms with Gasteiger partial charge in [0.25, 0.3) is 0 Å². The Morgan fingerprint density at radius 1 is 1.57 bits per heavy atom. The lowest BCUT2D eigenvalue weighted by atomic mass is 10.1. The highest BCUT2D eigenvalue weighted by Crippen LogP contribution is 2.12. The summed E-state index contributed by atoms with van der Waals surface area (Å²) in [6, 6.07) is -0.207. The molecule has 0 saturated carbocycles. The highest BCUT2D eigenvalue weighted by Gasteiger charge is 2.24. The second-order valence-corrected chi connectivity index (χ2v) is 6.21. The van der Waals surface area contributed by atoms with Crippen LogP contribution in [-0.4, -0.2) is 26.0 Å². The van der Waals surface area contributed by atoms with E-state index in [1.54, 1.807) is 6.92 Å². The van der Waals surface area contributed by atoms with E-state index in [1.807, 2.05) is 6.92 Å². The summed E-state index contributed by atoms with van der Waals surface area (Å²) in [5.41, 5.74) is 3.58. The Bertz CT molecular complexity index is 285. The topological polar surface area (TPSA) is 72.2 Å². The Morgan fingerprint density at radius 2 is 2.07 bits per heavy atom. The van der Waals surface area contributed by atoms with Crippen molar-refractivity contribution in [3.63, 3.8) is 0 Å². The number of rotatable bonds is 6. The molecule has 0 aliphatic rings. The minimum absolute atomic E-state index is 0.207. The van der Waals surface area contributed by atoms with E-state index in [0.29, 0.717) is 6.42 Å². The van der Waals surface area contributed by atoms with Crippen LogP contribution >= 0.6 is 0 Å². The lowest BCUT2D eigenvalue weighted by Gasteiger charge is -2.21. The first-order chi connectivity index (χ1) is 6.29. The first-order valence-electron chi connectivity index (χ1n) is 4.58. The van der Waals surface area contributed by atoms with E-state index in [1.165, 1.54) is 6.26 Å². The Balaban J connectivity index is 4.34. The second-order valence-electron chi connectivity index (χ2n) is 3.80. The molecule has 0 spiro atoms. The maximum atomic E-state index is 11.3. The summed E-state index contributed by atoms with van der Waals surface area (Å²) >= 11 is 0. The van der Waals surface area contributed by atoms with Crippen molar-refractivity contribution >= 4 is 9.84 Å². The Labute approximate surface area is 86.5 Å². The summed E-state index contributed by atoms with van der Waals surface area (Å²) in [7, 11) is -3.03. The molecule has 14 heavy (non-hydrogen) atoms. The van der Waals surface area contributed by atoms with Crippen LogP contribution in [0.1, 0.15) is 26.7 Å². The molecule has 0 aromatic rings. The van der Waals surface area contributed by atoms with Gasteiger partial charge in [0.05, 0.1) is 5.25 Å². The van der Waals surface area contributed by atoms with Gasteiger partial charge in [-0.3, -0.25) is 11.3 Å². The molecule has 0 bridgehead atoms. The zero-order chi connectivity index (χ0) is 11.4. The molecule has 2 unspecified atom stereocenters.